The highest BCUT2D eigenvalue weighted by atomic mass is 32.2. The predicted octanol–water partition coefficient (Wildman–Crippen LogP) is 2.36. The standard InChI is InChI=1S/C20H29NO6S/c1-20(2,3)27-19(24)21-17(12-11-16(22)14-28(4,5)25)18(23)26-13-15-9-7-6-8-10-15/h6-10,14,17H,11-13H2,1-5H3,(H-,21,22,24,25)/t17-/m0/s1. The molecule has 1 amide bonds. The summed E-state index contributed by atoms with van der Waals surface area (Å²) < 4.78 is 22.2. The second-order valence-corrected chi connectivity index (χ2v) is 10.6. The number of alkyl carbamates (subject to hydrolysis) is 1. The van der Waals surface area contributed by atoms with Gasteiger partial charge in [0.15, 0.2) is 0 Å². The van der Waals surface area contributed by atoms with Gasteiger partial charge in [-0.15, -0.1) is 4.21 Å². The first-order valence-electron chi connectivity index (χ1n) is 8.87. The summed E-state index contributed by atoms with van der Waals surface area (Å²) in [5.41, 5.74) is 0.0650. The summed E-state index contributed by atoms with van der Waals surface area (Å²) in [5.74, 6) is -1.03. The van der Waals surface area contributed by atoms with E-state index in [-0.39, 0.29) is 25.2 Å². The molecular formula is C20H29NO6S. The number of hydrogen-bond acceptors (Lipinski definition) is 6. The molecule has 8 heteroatoms. The van der Waals surface area contributed by atoms with Crippen molar-refractivity contribution in [1.29, 1.82) is 0 Å². The SMILES string of the molecule is CC(C)(C)OC(=O)N[C@@H](CC/C([O-])=C/[S+](C)(C)=O)C(=O)OCc1ccccc1. The van der Waals surface area contributed by atoms with Crippen LogP contribution in [0.4, 0.5) is 4.79 Å². The molecular weight excluding hydrogens is 382 g/mol. The zero-order valence-corrected chi connectivity index (χ0v) is 17.8. The number of benzene rings is 1. The van der Waals surface area contributed by atoms with E-state index >= 15 is 0 Å². The molecule has 0 heterocycles. The van der Waals surface area contributed by atoms with E-state index in [1.54, 1.807) is 32.9 Å². The quantitative estimate of drug-likeness (QED) is 0.400. The maximum atomic E-state index is 12.4. The summed E-state index contributed by atoms with van der Waals surface area (Å²) in [6, 6.07) is 8.05. The summed E-state index contributed by atoms with van der Waals surface area (Å²) in [5, 5.41) is 15.5. The largest absolute Gasteiger partial charge is 0.873 e. The molecule has 28 heavy (non-hydrogen) atoms. The first kappa shape index (κ1) is 23.7. The topological polar surface area (TPSA) is 105 Å². The van der Waals surface area contributed by atoms with E-state index in [1.807, 2.05) is 18.2 Å². The molecule has 0 aliphatic rings. The van der Waals surface area contributed by atoms with Gasteiger partial charge in [0.25, 0.3) is 0 Å². The first-order valence-corrected chi connectivity index (χ1v) is 11.3. The summed E-state index contributed by atoms with van der Waals surface area (Å²) in [6.45, 7) is 5.15. The Morgan fingerprint density at radius 1 is 1.21 bits per heavy atom. The molecule has 0 fully saturated rings. The predicted molar refractivity (Wildman–Crippen MR) is 107 cm³/mol. The number of carbonyl (C=O) groups excluding carboxylic acids is 2. The van der Waals surface area contributed by atoms with E-state index in [4.69, 9.17) is 9.47 Å². The Hall–Kier alpha value is -2.35. The van der Waals surface area contributed by atoms with Gasteiger partial charge in [0.1, 0.15) is 46.1 Å². The Morgan fingerprint density at radius 3 is 2.36 bits per heavy atom. The second kappa shape index (κ2) is 10.3. The maximum Gasteiger partial charge on any atom is 0.408 e. The van der Waals surface area contributed by atoms with Crippen molar-refractivity contribution in [2.24, 2.45) is 0 Å². The molecule has 1 rings (SSSR count). The van der Waals surface area contributed by atoms with Crippen LogP contribution < -0.4 is 10.4 Å². The Morgan fingerprint density at radius 2 is 1.82 bits per heavy atom. The molecule has 156 valence electrons. The maximum absolute atomic E-state index is 12.4. The zero-order valence-electron chi connectivity index (χ0n) is 17.0. The summed E-state index contributed by atoms with van der Waals surface area (Å²) in [7, 11) is -2.34. The molecule has 0 aliphatic heterocycles. The van der Waals surface area contributed by atoms with Gasteiger partial charge in [-0.25, -0.2) is 9.59 Å². The molecule has 1 aromatic rings. The number of rotatable bonds is 8. The van der Waals surface area contributed by atoms with Crippen LogP contribution in [0.2, 0.25) is 0 Å². The third-order valence-electron chi connectivity index (χ3n) is 3.29. The van der Waals surface area contributed by atoms with Crippen LogP contribution in [0.3, 0.4) is 0 Å². The third kappa shape index (κ3) is 10.7. The fraction of sp³-hybridized carbons (Fsp3) is 0.500. The molecule has 0 saturated carbocycles. The van der Waals surface area contributed by atoms with E-state index < -0.39 is 33.6 Å². The lowest BCUT2D eigenvalue weighted by molar-refractivity contribution is -0.306. The molecule has 0 saturated heterocycles. The number of nitrogens with one attached hydrogen (secondary N) is 1. The number of ether oxygens (including phenoxy) is 2. The minimum Gasteiger partial charge on any atom is -0.873 e. The lowest BCUT2D eigenvalue weighted by atomic mass is 10.1. The molecule has 0 aromatic heterocycles. The highest BCUT2D eigenvalue weighted by molar-refractivity contribution is 8.04. The van der Waals surface area contributed by atoms with E-state index in [0.717, 1.165) is 11.0 Å². The van der Waals surface area contributed by atoms with Gasteiger partial charge < -0.3 is 19.9 Å². The van der Waals surface area contributed by atoms with Crippen molar-refractivity contribution in [1.82, 2.24) is 5.32 Å². The van der Waals surface area contributed by atoms with Crippen molar-refractivity contribution >= 4 is 22.0 Å². The van der Waals surface area contributed by atoms with Crippen molar-refractivity contribution in [3.05, 3.63) is 47.1 Å². The average Bonchev–Trinajstić information content (AvgIpc) is 2.54. The van der Waals surface area contributed by atoms with Gasteiger partial charge in [-0.05, 0) is 39.2 Å². The van der Waals surface area contributed by atoms with Crippen molar-refractivity contribution < 1.29 is 28.4 Å². The Bertz CT molecular complexity index is 733. The van der Waals surface area contributed by atoms with Crippen LogP contribution in [0.5, 0.6) is 0 Å². The van der Waals surface area contributed by atoms with Crippen LogP contribution in [0.25, 0.3) is 0 Å². The van der Waals surface area contributed by atoms with Crippen LogP contribution in [0.15, 0.2) is 41.5 Å². The summed E-state index contributed by atoms with van der Waals surface area (Å²) in [4.78, 5) is 24.5. The number of hydrogen-bond donors (Lipinski definition) is 1. The van der Waals surface area contributed by atoms with Crippen LogP contribution in [-0.4, -0.2) is 36.2 Å². The molecule has 0 bridgehead atoms. The van der Waals surface area contributed by atoms with Crippen LogP contribution >= 0.6 is 0 Å². The molecule has 7 nitrogen and oxygen atoms in total. The Labute approximate surface area is 167 Å². The van der Waals surface area contributed by atoms with Crippen LogP contribution in [-0.2, 0) is 35.0 Å². The average molecular weight is 412 g/mol. The fourth-order valence-electron chi connectivity index (χ4n) is 2.19. The number of esters is 1. The molecule has 0 aliphatic carbocycles. The summed E-state index contributed by atoms with van der Waals surface area (Å²) >= 11 is 0. The minimum atomic E-state index is -2.34. The minimum absolute atomic E-state index is 0.0116. The first-order chi connectivity index (χ1) is 12.9. The van der Waals surface area contributed by atoms with Gasteiger partial charge in [-0.1, -0.05) is 36.1 Å². The third-order valence-corrected chi connectivity index (χ3v) is 4.12. The highest BCUT2D eigenvalue weighted by Gasteiger charge is 2.25. The van der Waals surface area contributed by atoms with E-state index in [1.165, 1.54) is 12.5 Å². The zero-order chi connectivity index (χ0) is 21.4. The van der Waals surface area contributed by atoms with Crippen LogP contribution in [0.1, 0.15) is 39.2 Å². The molecule has 1 N–H and O–H groups in total. The number of allylic oxidation sites excluding steroid dienone is 1. The fourth-order valence-corrected chi connectivity index (χ4v) is 2.94. The lowest BCUT2D eigenvalue weighted by Crippen LogP contribution is -2.44. The van der Waals surface area contributed by atoms with Gasteiger partial charge in [0.2, 0.25) is 0 Å². The highest BCUT2D eigenvalue weighted by Crippen LogP contribution is 2.12. The number of amides is 1. The van der Waals surface area contributed by atoms with Gasteiger partial charge in [-0.2, -0.15) is 0 Å². The van der Waals surface area contributed by atoms with Gasteiger partial charge in [0.05, 0.1) is 0 Å². The molecule has 0 unspecified atom stereocenters. The monoisotopic (exact) mass is 411 g/mol. The molecule has 0 spiro atoms. The van der Waals surface area contributed by atoms with E-state index in [2.05, 4.69) is 5.32 Å². The second-order valence-electron chi connectivity index (χ2n) is 7.72. The van der Waals surface area contributed by atoms with Gasteiger partial charge in [0, 0.05) is 0 Å². The van der Waals surface area contributed by atoms with Crippen molar-refractivity contribution in [3.63, 3.8) is 0 Å². The van der Waals surface area contributed by atoms with Gasteiger partial charge >= 0.3 is 12.1 Å². The van der Waals surface area contributed by atoms with Crippen LogP contribution in [0, 0.1) is 0 Å². The normalized spacial score (nSPS) is 13.5. The lowest BCUT2D eigenvalue weighted by Gasteiger charge is -2.23. The van der Waals surface area contributed by atoms with E-state index in [9.17, 15) is 18.9 Å². The van der Waals surface area contributed by atoms with Crippen molar-refractivity contribution in [3.8, 4) is 0 Å². The molecule has 1 atom stereocenters. The smallest absolute Gasteiger partial charge is 0.408 e. The Balaban J connectivity index is 2.78. The van der Waals surface area contributed by atoms with E-state index in [0.29, 0.717) is 0 Å². The number of carbonyl (C=O) groups is 2. The molecule has 0 radical (unpaired) electrons. The van der Waals surface area contributed by atoms with Crippen molar-refractivity contribution in [2.45, 2.75) is 51.9 Å². The molecule has 1 aromatic carbocycles. The Kier molecular flexibility index (Phi) is 8.68. The van der Waals surface area contributed by atoms with Gasteiger partial charge in [-0.3, -0.25) is 0 Å². The van der Waals surface area contributed by atoms with Crippen molar-refractivity contribution in [2.75, 3.05) is 12.5 Å². The summed E-state index contributed by atoms with van der Waals surface area (Å²) in [6.07, 6.45) is 2.09.